The molecule has 7 nitrogen and oxygen atoms in total. The summed E-state index contributed by atoms with van der Waals surface area (Å²) in [4.78, 5) is 21.0. The van der Waals surface area contributed by atoms with Crippen LogP contribution >= 0.6 is 0 Å². The van der Waals surface area contributed by atoms with Gasteiger partial charge in [-0.25, -0.2) is 14.4 Å². The van der Waals surface area contributed by atoms with Gasteiger partial charge in [-0.05, 0) is 54.4 Å². The van der Waals surface area contributed by atoms with Crippen molar-refractivity contribution in [2.24, 2.45) is 10.7 Å². The summed E-state index contributed by atoms with van der Waals surface area (Å²) in [6.45, 7) is 1.81. The molecule has 1 aromatic heterocycles. The highest BCUT2D eigenvalue weighted by atomic mass is 19.1. The van der Waals surface area contributed by atoms with Gasteiger partial charge in [-0.1, -0.05) is 24.3 Å². The molecule has 3 rings (SSSR count). The van der Waals surface area contributed by atoms with E-state index in [1.54, 1.807) is 30.3 Å². The smallest absolute Gasteiger partial charge is 0.282 e. The topological polar surface area (TPSA) is 113 Å². The summed E-state index contributed by atoms with van der Waals surface area (Å²) in [6.07, 6.45) is 1.33. The second kappa shape index (κ2) is 9.05. The second-order valence-corrected chi connectivity index (χ2v) is 6.81. The van der Waals surface area contributed by atoms with Crippen LogP contribution in [0.1, 0.15) is 34.1 Å². The molecule has 0 saturated carbocycles. The highest BCUT2D eigenvalue weighted by molar-refractivity contribution is 6.02. The minimum atomic E-state index is -0.999. The van der Waals surface area contributed by atoms with Gasteiger partial charge >= 0.3 is 0 Å². The van der Waals surface area contributed by atoms with Crippen molar-refractivity contribution < 1.29 is 13.9 Å². The van der Waals surface area contributed by atoms with Crippen LogP contribution in [0.3, 0.4) is 0 Å². The van der Waals surface area contributed by atoms with Crippen molar-refractivity contribution in [3.8, 4) is 6.07 Å². The molecule has 0 radical (unpaired) electrons. The first-order valence-corrected chi connectivity index (χ1v) is 9.29. The standard InChI is InChI=1S/C23H20FN5O2/c1-23(29-22(26)31-2,16-7-9-18(24)10-8-16)17-4-3-5-19(12-17)28-21(30)20-11-6-15(13-25)14-27-20/h3-12,14H,1-2H3,(H2,26,29)(H,28,30). The zero-order valence-electron chi connectivity index (χ0n) is 17.0. The molecule has 0 saturated heterocycles. The fourth-order valence-electron chi connectivity index (χ4n) is 3.03. The molecule has 0 aliphatic heterocycles. The molecule has 3 aromatic rings. The lowest BCUT2D eigenvalue weighted by molar-refractivity contribution is 0.102. The third-order valence-corrected chi connectivity index (χ3v) is 4.76. The maximum atomic E-state index is 13.5. The van der Waals surface area contributed by atoms with Gasteiger partial charge in [0.1, 0.15) is 23.1 Å². The number of carbonyl (C=O) groups is 1. The number of nitrogens with one attached hydrogen (secondary N) is 1. The van der Waals surface area contributed by atoms with Crippen molar-refractivity contribution in [3.63, 3.8) is 0 Å². The van der Waals surface area contributed by atoms with Gasteiger partial charge in [0, 0.05) is 11.9 Å². The van der Waals surface area contributed by atoms with Crippen LogP contribution < -0.4 is 11.1 Å². The molecular formula is C23H20FN5O2. The van der Waals surface area contributed by atoms with E-state index < -0.39 is 11.4 Å². The molecule has 3 N–H and O–H groups in total. The number of amidine groups is 1. The van der Waals surface area contributed by atoms with Gasteiger partial charge in [0.15, 0.2) is 0 Å². The summed E-state index contributed by atoms with van der Waals surface area (Å²) < 4.78 is 18.5. The van der Waals surface area contributed by atoms with E-state index in [9.17, 15) is 9.18 Å². The van der Waals surface area contributed by atoms with Crippen molar-refractivity contribution in [2.75, 3.05) is 12.4 Å². The molecular weight excluding hydrogens is 397 g/mol. The van der Waals surface area contributed by atoms with Gasteiger partial charge < -0.3 is 15.8 Å². The Balaban J connectivity index is 1.96. The number of nitrogens with two attached hydrogens (primary N) is 1. The summed E-state index contributed by atoms with van der Waals surface area (Å²) in [5.74, 6) is -0.796. The number of halogens is 1. The number of hydrogen-bond acceptors (Lipinski definition) is 5. The number of amides is 1. The molecule has 1 heterocycles. The number of aromatic nitrogens is 1. The summed E-state index contributed by atoms with van der Waals surface area (Å²) in [6, 6.07) is 17.9. The monoisotopic (exact) mass is 417 g/mol. The first-order chi connectivity index (χ1) is 14.9. The number of rotatable bonds is 5. The lowest BCUT2D eigenvalue weighted by Gasteiger charge is -2.27. The van der Waals surface area contributed by atoms with Crippen LogP contribution in [0.5, 0.6) is 0 Å². The van der Waals surface area contributed by atoms with Gasteiger partial charge in [0.05, 0.1) is 12.7 Å². The van der Waals surface area contributed by atoms with Crippen molar-refractivity contribution in [1.29, 1.82) is 5.26 Å². The van der Waals surface area contributed by atoms with Crippen LogP contribution in [-0.4, -0.2) is 24.0 Å². The molecule has 8 heteroatoms. The Bertz CT molecular complexity index is 1150. The zero-order chi connectivity index (χ0) is 22.4. The number of pyridine rings is 1. The van der Waals surface area contributed by atoms with E-state index in [1.165, 1.54) is 37.6 Å². The minimum absolute atomic E-state index is 0.0388. The minimum Gasteiger partial charge on any atom is -0.469 e. The second-order valence-electron chi connectivity index (χ2n) is 6.81. The van der Waals surface area contributed by atoms with E-state index >= 15 is 0 Å². The fraction of sp³-hybridized carbons (Fsp3) is 0.130. The molecule has 0 aliphatic carbocycles. The molecule has 31 heavy (non-hydrogen) atoms. The van der Waals surface area contributed by atoms with Crippen molar-refractivity contribution in [1.82, 2.24) is 4.98 Å². The van der Waals surface area contributed by atoms with Crippen molar-refractivity contribution >= 4 is 17.6 Å². The molecule has 1 atom stereocenters. The predicted octanol–water partition coefficient (Wildman–Crippen LogP) is 3.57. The summed E-state index contributed by atoms with van der Waals surface area (Å²) in [5.41, 5.74) is 7.27. The number of hydrogen-bond donors (Lipinski definition) is 2. The van der Waals surface area contributed by atoms with E-state index in [0.717, 1.165) is 0 Å². The number of carbonyl (C=O) groups excluding carboxylic acids is 1. The van der Waals surface area contributed by atoms with Gasteiger partial charge in [-0.3, -0.25) is 4.79 Å². The van der Waals surface area contributed by atoms with E-state index in [2.05, 4.69) is 15.3 Å². The molecule has 2 aromatic carbocycles. The van der Waals surface area contributed by atoms with Gasteiger partial charge in [0.25, 0.3) is 11.9 Å². The van der Waals surface area contributed by atoms with Gasteiger partial charge in [0.2, 0.25) is 0 Å². The van der Waals surface area contributed by atoms with Crippen LogP contribution in [0.4, 0.5) is 10.1 Å². The van der Waals surface area contributed by atoms with Crippen molar-refractivity contribution in [3.05, 3.63) is 95.1 Å². The van der Waals surface area contributed by atoms with Crippen LogP contribution in [0.15, 0.2) is 71.9 Å². The number of aliphatic imine (C=N–C) groups is 1. The summed E-state index contributed by atoms with van der Waals surface area (Å²) in [7, 11) is 1.41. The molecule has 0 aliphatic rings. The maximum Gasteiger partial charge on any atom is 0.282 e. The average Bonchev–Trinajstić information content (AvgIpc) is 2.79. The average molecular weight is 417 g/mol. The van der Waals surface area contributed by atoms with E-state index in [4.69, 9.17) is 15.7 Å². The molecule has 1 amide bonds. The molecule has 156 valence electrons. The Kier molecular flexibility index (Phi) is 6.26. The SMILES string of the molecule is COC(N)=NC(C)(c1ccc(F)cc1)c1cccc(NC(=O)c2ccc(C#N)cn2)c1. The first-order valence-electron chi connectivity index (χ1n) is 9.29. The Morgan fingerprint density at radius 3 is 2.55 bits per heavy atom. The quantitative estimate of drug-likeness (QED) is 0.487. The number of nitriles is 1. The van der Waals surface area contributed by atoms with E-state index in [-0.39, 0.29) is 17.5 Å². The highest BCUT2D eigenvalue weighted by Crippen LogP contribution is 2.35. The first kappa shape index (κ1) is 21.5. The molecule has 0 bridgehead atoms. The zero-order valence-corrected chi connectivity index (χ0v) is 17.0. The normalized spacial score (nSPS) is 13.0. The number of anilines is 1. The lowest BCUT2D eigenvalue weighted by Crippen LogP contribution is -2.27. The summed E-state index contributed by atoms with van der Waals surface area (Å²) >= 11 is 0. The number of nitrogens with zero attached hydrogens (tertiary/aromatic N) is 3. The Hall–Kier alpha value is -4.25. The van der Waals surface area contributed by atoms with Crippen LogP contribution in [-0.2, 0) is 10.3 Å². The lowest BCUT2D eigenvalue weighted by atomic mass is 9.85. The molecule has 0 fully saturated rings. The van der Waals surface area contributed by atoms with Gasteiger partial charge in [-0.15, -0.1) is 0 Å². The number of methoxy groups -OCH3 is 1. The van der Waals surface area contributed by atoms with Gasteiger partial charge in [-0.2, -0.15) is 5.26 Å². The van der Waals surface area contributed by atoms with E-state index in [0.29, 0.717) is 22.4 Å². The third-order valence-electron chi connectivity index (χ3n) is 4.76. The molecule has 1 unspecified atom stereocenters. The maximum absolute atomic E-state index is 13.5. The predicted molar refractivity (Wildman–Crippen MR) is 115 cm³/mol. The largest absolute Gasteiger partial charge is 0.469 e. The van der Waals surface area contributed by atoms with Crippen LogP contribution in [0.2, 0.25) is 0 Å². The Labute approximate surface area is 179 Å². The number of ether oxygens (including phenoxy) is 1. The Morgan fingerprint density at radius 1 is 1.19 bits per heavy atom. The van der Waals surface area contributed by atoms with Crippen LogP contribution in [0, 0.1) is 17.1 Å². The van der Waals surface area contributed by atoms with Crippen LogP contribution in [0.25, 0.3) is 0 Å². The van der Waals surface area contributed by atoms with Crippen molar-refractivity contribution in [2.45, 2.75) is 12.5 Å². The number of benzene rings is 2. The molecule has 0 spiro atoms. The highest BCUT2D eigenvalue weighted by Gasteiger charge is 2.30. The fourth-order valence-corrected chi connectivity index (χ4v) is 3.03. The Morgan fingerprint density at radius 2 is 1.94 bits per heavy atom. The van der Waals surface area contributed by atoms with E-state index in [1.807, 2.05) is 19.1 Å². The summed E-state index contributed by atoms with van der Waals surface area (Å²) in [5, 5.41) is 11.6. The third kappa shape index (κ3) is 4.85.